The Kier molecular flexibility index (Phi) is 3.94. The third kappa shape index (κ3) is 3.13. The van der Waals surface area contributed by atoms with Gasteiger partial charge in [0.05, 0.1) is 12.8 Å². The number of nitrogens with one attached hydrogen (secondary N) is 2. The van der Waals surface area contributed by atoms with Crippen LogP contribution in [0.4, 0.5) is 5.69 Å². The molecule has 94 valence electrons. The Bertz CT molecular complexity index is 391. The van der Waals surface area contributed by atoms with Crippen LogP contribution in [0.1, 0.15) is 12.8 Å². The van der Waals surface area contributed by atoms with Crippen LogP contribution in [0.25, 0.3) is 0 Å². The van der Waals surface area contributed by atoms with Crippen LogP contribution in [-0.2, 0) is 0 Å². The van der Waals surface area contributed by atoms with Crippen LogP contribution in [0.2, 0.25) is 0 Å². The second-order valence-electron chi connectivity index (χ2n) is 4.73. The van der Waals surface area contributed by atoms with Crippen molar-refractivity contribution in [2.75, 3.05) is 32.6 Å². The average molecular weight is 299 g/mol. The number of anilines is 1. The van der Waals surface area contributed by atoms with E-state index in [1.807, 2.05) is 19.2 Å². The molecule has 17 heavy (non-hydrogen) atoms. The fourth-order valence-electron chi connectivity index (χ4n) is 2.07. The Morgan fingerprint density at radius 2 is 2.12 bits per heavy atom. The van der Waals surface area contributed by atoms with Crippen molar-refractivity contribution < 1.29 is 4.74 Å². The van der Waals surface area contributed by atoms with Crippen molar-refractivity contribution >= 4 is 21.6 Å². The molecule has 2 N–H and O–H groups in total. The molecule has 0 bridgehead atoms. The van der Waals surface area contributed by atoms with Crippen molar-refractivity contribution in [3.63, 3.8) is 0 Å². The van der Waals surface area contributed by atoms with E-state index < -0.39 is 0 Å². The number of methoxy groups -OCH3 is 1. The number of hydrogen-bond donors (Lipinski definition) is 2. The molecule has 1 fully saturated rings. The van der Waals surface area contributed by atoms with Gasteiger partial charge in [-0.05, 0) is 38.1 Å². The zero-order chi connectivity index (χ0) is 12.3. The molecular formula is C13H19BrN2O. The van der Waals surface area contributed by atoms with E-state index in [9.17, 15) is 0 Å². The normalized spacial score (nSPS) is 16.6. The summed E-state index contributed by atoms with van der Waals surface area (Å²) in [5, 5.41) is 6.76. The molecule has 0 heterocycles. The highest BCUT2D eigenvalue weighted by Crippen LogP contribution is 2.45. The number of benzene rings is 1. The van der Waals surface area contributed by atoms with Gasteiger partial charge in [-0.1, -0.05) is 15.9 Å². The summed E-state index contributed by atoms with van der Waals surface area (Å²) in [5.41, 5.74) is 1.51. The van der Waals surface area contributed by atoms with Crippen LogP contribution in [0.3, 0.4) is 0 Å². The quantitative estimate of drug-likeness (QED) is 0.847. The van der Waals surface area contributed by atoms with Crippen LogP contribution in [0.15, 0.2) is 22.7 Å². The lowest BCUT2D eigenvalue weighted by Crippen LogP contribution is -2.26. The summed E-state index contributed by atoms with van der Waals surface area (Å²) in [5.74, 6) is 0.897. The number of ether oxygens (including phenoxy) is 1. The molecule has 1 aromatic rings. The summed E-state index contributed by atoms with van der Waals surface area (Å²) in [7, 11) is 3.72. The Morgan fingerprint density at radius 3 is 2.71 bits per heavy atom. The van der Waals surface area contributed by atoms with E-state index in [1.165, 1.54) is 12.8 Å². The van der Waals surface area contributed by atoms with Gasteiger partial charge in [0.15, 0.2) is 0 Å². The fourth-order valence-corrected chi connectivity index (χ4v) is 2.43. The maximum Gasteiger partial charge on any atom is 0.142 e. The van der Waals surface area contributed by atoms with Gasteiger partial charge in [-0.3, -0.25) is 0 Å². The second kappa shape index (κ2) is 5.27. The van der Waals surface area contributed by atoms with Crippen molar-refractivity contribution in [3.05, 3.63) is 22.7 Å². The van der Waals surface area contributed by atoms with E-state index >= 15 is 0 Å². The molecule has 4 heteroatoms. The van der Waals surface area contributed by atoms with E-state index in [4.69, 9.17) is 4.74 Å². The van der Waals surface area contributed by atoms with Gasteiger partial charge in [0.2, 0.25) is 0 Å². The van der Waals surface area contributed by atoms with E-state index in [-0.39, 0.29) is 0 Å². The first-order valence-electron chi connectivity index (χ1n) is 5.91. The summed E-state index contributed by atoms with van der Waals surface area (Å²) in [6.45, 7) is 2.08. The highest BCUT2D eigenvalue weighted by Gasteiger charge is 2.41. The number of hydrogen-bond acceptors (Lipinski definition) is 3. The Hall–Kier alpha value is -0.740. The molecule has 0 spiro atoms. The summed E-state index contributed by atoms with van der Waals surface area (Å²) in [6.07, 6.45) is 2.61. The molecule has 2 rings (SSSR count). The third-order valence-corrected chi connectivity index (χ3v) is 3.82. The standard InChI is InChI=1S/C13H19BrN2O/c1-15-8-13(5-6-13)9-16-11-7-10(14)3-4-12(11)17-2/h3-4,7,15-16H,5-6,8-9H2,1-2H3. The fraction of sp³-hybridized carbons (Fsp3) is 0.538. The highest BCUT2D eigenvalue weighted by molar-refractivity contribution is 9.10. The molecule has 0 atom stereocenters. The van der Waals surface area contributed by atoms with Gasteiger partial charge in [0.1, 0.15) is 5.75 Å². The van der Waals surface area contributed by atoms with Crippen LogP contribution in [0.5, 0.6) is 5.75 Å². The van der Waals surface area contributed by atoms with Crippen molar-refractivity contribution in [1.82, 2.24) is 5.32 Å². The van der Waals surface area contributed by atoms with Crippen molar-refractivity contribution in [2.24, 2.45) is 5.41 Å². The molecule has 3 nitrogen and oxygen atoms in total. The molecule has 0 amide bonds. The maximum atomic E-state index is 5.35. The molecule has 0 unspecified atom stereocenters. The SMILES string of the molecule is CNCC1(CNc2cc(Br)ccc2OC)CC1. The topological polar surface area (TPSA) is 33.3 Å². The van der Waals surface area contributed by atoms with E-state index in [1.54, 1.807) is 7.11 Å². The van der Waals surface area contributed by atoms with Crippen molar-refractivity contribution in [1.29, 1.82) is 0 Å². The van der Waals surface area contributed by atoms with Gasteiger partial charge in [-0.15, -0.1) is 0 Å². The van der Waals surface area contributed by atoms with Gasteiger partial charge in [-0.2, -0.15) is 0 Å². The summed E-state index contributed by atoms with van der Waals surface area (Å²) < 4.78 is 6.42. The third-order valence-electron chi connectivity index (χ3n) is 3.32. The van der Waals surface area contributed by atoms with Gasteiger partial charge >= 0.3 is 0 Å². The first-order valence-corrected chi connectivity index (χ1v) is 6.70. The van der Waals surface area contributed by atoms with Crippen LogP contribution in [0, 0.1) is 5.41 Å². The highest BCUT2D eigenvalue weighted by atomic mass is 79.9. The molecule has 0 saturated heterocycles. The monoisotopic (exact) mass is 298 g/mol. The van der Waals surface area contributed by atoms with Crippen molar-refractivity contribution in [3.8, 4) is 5.75 Å². The second-order valence-corrected chi connectivity index (χ2v) is 5.64. The minimum absolute atomic E-state index is 0.447. The largest absolute Gasteiger partial charge is 0.495 e. The lowest BCUT2D eigenvalue weighted by atomic mass is 10.1. The van der Waals surface area contributed by atoms with Crippen LogP contribution in [-0.4, -0.2) is 27.2 Å². The lowest BCUT2D eigenvalue weighted by molar-refractivity contribution is 0.415. The Balaban J connectivity index is 2.01. The predicted molar refractivity (Wildman–Crippen MR) is 74.8 cm³/mol. The minimum Gasteiger partial charge on any atom is -0.495 e. The Morgan fingerprint density at radius 1 is 1.35 bits per heavy atom. The van der Waals surface area contributed by atoms with Crippen molar-refractivity contribution in [2.45, 2.75) is 12.8 Å². The van der Waals surface area contributed by atoms with E-state index in [2.05, 4.69) is 32.6 Å². The first-order chi connectivity index (χ1) is 8.19. The van der Waals surface area contributed by atoms with Gasteiger partial charge in [0, 0.05) is 23.0 Å². The molecule has 1 aliphatic rings. The van der Waals surface area contributed by atoms with Gasteiger partial charge in [0.25, 0.3) is 0 Å². The molecule has 0 radical (unpaired) electrons. The van der Waals surface area contributed by atoms with Crippen LogP contribution < -0.4 is 15.4 Å². The molecule has 1 aromatic carbocycles. The lowest BCUT2D eigenvalue weighted by Gasteiger charge is -2.18. The van der Waals surface area contributed by atoms with Gasteiger partial charge in [-0.25, -0.2) is 0 Å². The summed E-state index contributed by atoms with van der Waals surface area (Å²) in [6, 6.07) is 6.03. The molecule has 1 saturated carbocycles. The minimum atomic E-state index is 0.447. The maximum absolute atomic E-state index is 5.35. The predicted octanol–water partition coefficient (Wildman–Crippen LogP) is 2.87. The molecule has 0 aromatic heterocycles. The Labute approximate surface area is 111 Å². The average Bonchev–Trinajstić information content (AvgIpc) is 3.08. The number of halogens is 1. The zero-order valence-electron chi connectivity index (χ0n) is 10.3. The number of rotatable bonds is 6. The van der Waals surface area contributed by atoms with Crippen LogP contribution >= 0.6 is 15.9 Å². The summed E-state index contributed by atoms with van der Waals surface area (Å²) in [4.78, 5) is 0. The van der Waals surface area contributed by atoms with E-state index in [0.717, 1.165) is 29.0 Å². The molecule has 0 aliphatic heterocycles. The smallest absolute Gasteiger partial charge is 0.142 e. The molecular weight excluding hydrogens is 280 g/mol. The van der Waals surface area contributed by atoms with Gasteiger partial charge < -0.3 is 15.4 Å². The van der Waals surface area contributed by atoms with E-state index in [0.29, 0.717) is 5.41 Å². The zero-order valence-corrected chi connectivity index (χ0v) is 11.9. The molecule has 1 aliphatic carbocycles. The summed E-state index contributed by atoms with van der Waals surface area (Å²) >= 11 is 3.48. The first kappa shape index (κ1) is 12.7.